The fourth-order valence-corrected chi connectivity index (χ4v) is 4.40. The van der Waals surface area contributed by atoms with Crippen LogP contribution in [-0.2, 0) is 4.79 Å². The highest BCUT2D eigenvalue weighted by Gasteiger charge is 2.00. The predicted molar refractivity (Wildman–Crippen MR) is 145 cm³/mol. The number of quaternary nitrogens is 1. The summed E-state index contributed by atoms with van der Waals surface area (Å²) in [7, 11) is 0. The molecule has 1 N–H and O–H groups in total. The van der Waals surface area contributed by atoms with Gasteiger partial charge in [0.2, 0.25) is 0 Å². The number of nitrogens with one attached hydrogen (secondary N) is 1. The molecular formula is C30H63NO2. The molecule has 0 bridgehead atoms. The average Bonchev–Trinajstić information content (AvgIpc) is 2.81. The summed E-state index contributed by atoms with van der Waals surface area (Å²) in [6, 6.07) is 0. The zero-order valence-corrected chi connectivity index (χ0v) is 23.5. The normalized spacial score (nSPS) is 10.9. The molecule has 200 valence electrons. The molecule has 0 saturated carbocycles. The van der Waals surface area contributed by atoms with Crippen molar-refractivity contribution in [3.8, 4) is 0 Å². The zero-order chi connectivity index (χ0) is 24.8. The minimum atomic E-state index is -0.903. The lowest BCUT2D eigenvalue weighted by Crippen LogP contribution is -3.11. The molecule has 3 heteroatoms. The largest absolute Gasteiger partial charge is 0.550 e. The van der Waals surface area contributed by atoms with E-state index in [1.54, 1.807) is 4.90 Å². The first kappa shape index (κ1) is 34.6. The maximum atomic E-state index is 10.2. The standard InChI is InChI=1S/C18H36O2.C12H27N/c1-2-3-4-5-6-7-8-9-10-11-12-13-14-15-16-17-18(19)20;1-4-7-8-9-10-11-12-13(5-2)6-3/h2-17H2,1H3,(H,19,20);4-12H2,1-3H3. The molecule has 0 aliphatic heterocycles. The van der Waals surface area contributed by atoms with Gasteiger partial charge in [-0.25, -0.2) is 0 Å². The van der Waals surface area contributed by atoms with Crippen molar-refractivity contribution in [3.05, 3.63) is 0 Å². The molecule has 0 atom stereocenters. The first-order chi connectivity index (χ1) is 16.1. The molecule has 0 amide bonds. The Morgan fingerprint density at radius 1 is 0.485 bits per heavy atom. The third-order valence-corrected chi connectivity index (χ3v) is 6.87. The van der Waals surface area contributed by atoms with E-state index in [4.69, 9.17) is 0 Å². The van der Waals surface area contributed by atoms with Crippen molar-refractivity contribution in [2.24, 2.45) is 0 Å². The Balaban J connectivity index is 0. The summed E-state index contributed by atoms with van der Waals surface area (Å²) in [5, 5.41) is 10.2. The van der Waals surface area contributed by atoms with Crippen molar-refractivity contribution < 1.29 is 14.8 Å². The number of unbranched alkanes of at least 4 members (excludes halogenated alkanes) is 19. The Morgan fingerprint density at radius 2 is 0.788 bits per heavy atom. The Bertz CT molecular complexity index is 355. The summed E-state index contributed by atoms with van der Waals surface area (Å²) in [5.41, 5.74) is 0. The van der Waals surface area contributed by atoms with Crippen LogP contribution < -0.4 is 10.0 Å². The van der Waals surface area contributed by atoms with Gasteiger partial charge in [-0.3, -0.25) is 0 Å². The Morgan fingerprint density at radius 3 is 1.09 bits per heavy atom. The second kappa shape index (κ2) is 31.4. The molecule has 33 heavy (non-hydrogen) atoms. The third kappa shape index (κ3) is 33.7. The summed E-state index contributed by atoms with van der Waals surface area (Å²) in [4.78, 5) is 12.0. The number of hydrogen-bond acceptors (Lipinski definition) is 2. The van der Waals surface area contributed by atoms with Crippen LogP contribution >= 0.6 is 0 Å². The number of rotatable bonds is 25. The molecule has 0 rings (SSSR count). The third-order valence-electron chi connectivity index (χ3n) is 6.87. The number of carboxylic acid groups (broad SMARTS) is 1. The van der Waals surface area contributed by atoms with E-state index in [0.29, 0.717) is 0 Å². The molecule has 0 radical (unpaired) electrons. The minimum absolute atomic E-state index is 0.234. The fraction of sp³-hybridized carbons (Fsp3) is 0.967. The quantitative estimate of drug-likeness (QED) is 0.143. The van der Waals surface area contributed by atoms with Crippen LogP contribution in [0.1, 0.15) is 169 Å². The Hall–Kier alpha value is -0.570. The summed E-state index contributed by atoms with van der Waals surface area (Å²) >= 11 is 0. The van der Waals surface area contributed by atoms with E-state index in [2.05, 4.69) is 27.7 Å². The van der Waals surface area contributed by atoms with E-state index in [-0.39, 0.29) is 6.42 Å². The topological polar surface area (TPSA) is 44.6 Å². The van der Waals surface area contributed by atoms with Crippen molar-refractivity contribution in [2.75, 3.05) is 19.6 Å². The van der Waals surface area contributed by atoms with Gasteiger partial charge in [0.05, 0.1) is 19.6 Å². The van der Waals surface area contributed by atoms with Gasteiger partial charge in [0.25, 0.3) is 0 Å². The number of carbonyl (C=O) groups is 1. The zero-order valence-electron chi connectivity index (χ0n) is 23.5. The lowest BCUT2D eigenvalue weighted by molar-refractivity contribution is -0.896. The average molecular weight is 470 g/mol. The molecule has 0 aromatic heterocycles. The van der Waals surface area contributed by atoms with Crippen LogP contribution in [0.5, 0.6) is 0 Å². The molecule has 0 saturated heterocycles. The molecule has 0 aromatic carbocycles. The van der Waals surface area contributed by atoms with Gasteiger partial charge in [-0.1, -0.05) is 129 Å². The lowest BCUT2D eigenvalue weighted by atomic mass is 10.0. The van der Waals surface area contributed by atoms with Crippen molar-refractivity contribution in [1.29, 1.82) is 0 Å². The van der Waals surface area contributed by atoms with Crippen molar-refractivity contribution >= 4 is 5.97 Å². The molecule has 3 nitrogen and oxygen atoms in total. The fourth-order valence-electron chi connectivity index (χ4n) is 4.40. The molecule has 0 heterocycles. The minimum Gasteiger partial charge on any atom is -0.550 e. The van der Waals surface area contributed by atoms with Gasteiger partial charge < -0.3 is 14.8 Å². The molecule has 0 aromatic rings. The summed E-state index contributed by atoms with van der Waals surface area (Å²) < 4.78 is 0. The number of carboxylic acids is 1. The van der Waals surface area contributed by atoms with E-state index in [1.165, 1.54) is 142 Å². The smallest absolute Gasteiger partial charge is 0.0770 e. The lowest BCUT2D eigenvalue weighted by Gasteiger charge is -2.14. The van der Waals surface area contributed by atoms with Gasteiger partial charge in [0.15, 0.2) is 0 Å². The highest BCUT2D eigenvalue weighted by molar-refractivity contribution is 5.63. The molecule has 0 spiro atoms. The maximum absolute atomic E-state index is 10.2. The van der Waals surface area contributed by atoms with Gasteiger partial charge in [-0.05, 0) is 39.5 Å². The molecule has 0 aliphatic rings. The summed E-state index contributed by atoms with van der Waals surface area (Å²) in [6.07, 6.45) is 28.4. The van der Waals surface area contributed by atoms with E-state index < -0.39 is 5.97 Å². The van der Waals surface area contributed by atoms with E-state index >= 15 is 0 Å². The first-order valence-corrected chi connectivity index (χ1v) is 15.2. The van der Waals surface area contributed by atoms with Crippen LogP contribution in [0.2, 0.25) is 0 Å². The summed E-state index contributed by atoms with van der Waals surface area (Å²) in [6.45, 7) is 13.1. The van der Waals surface area contributed by atoms with Gasteiger partial charge in [0.1, 0.15) is 0 Å². The Kier molecular flexibility index (Phi) is 33.0. The van der Waals surface area contributed by atoms with Crippen LogP contribution in [0.3, 0.4) is 0 Å². The van der Waals surface area contributed by atoms with E-state index in [1.807, 2.05) is 0 Å². The van der Waals surface area contributed by atoms with Crippen LogP contribution in [-0.4, -0.2) is 25.6 Å². The molecule has 0 unspecified atom stereocenters. The number of aliphatic carboxylic acids is 1. The van der Waals surface area contributed by atoms with Gasteiger partial charge in [0, 0.05) is 5.97 Å². The summed E-state index contributed by atoms with van der Waals surface area (Å²) in [5.74, 6) is -0.903. The number of carbonyl (C=O) groups excluding carboxylic acids is 1. The van der Waals surface area contributed by atoms with E-state index in [9.17, 15) is 9.90 Å². The SMILES string of the molecule is CCCCCCCCCCCCCCCCCC(=O)[O-].CCCCCCCC[NH+](CC)CC. The van der Waals surface area contributed by atoms with Crippen LogP contribution in [0.15, 0.2) is 0 Å². The van der Waals surface area contributed by atoms with Crippen LogP contribution in [0.25, 0.3) is 0 Å². The highest BCUT2D eigenvalue weighted by atomic mass is 16.4. The number of hydrogen-bond donors (Lipinski definition) is 1. The van der Waals surface area contributed by atoms with Gasteiger partial charge in [-0.15, -0.1) is 0 Å². The molecule has 0 fully saturated rings. The van der Waals surface area contributed by atoms with Gasteiger partial charge >= 0.3 is 0 Å². The van der Waals surface area contributed by atoms with Crippen molar-refractivity contribution in [2.45, 2.75) is 169 Å². The van der Waals surface area contributed by atoms with Crippen LogP contribution in [0, 0.1) is 0 Å². The first-order valence-electron chi connectivity index (χ1n) is 15.2. The second-order valence-electron chi connectivity index (χ2n) is 10.0. The van der Waals surface area contributed by atoms with E-state index in [0.717, 1.165) is 12.8 Å². The van der Waals surface area contributed by atoms with Crippen molar-refractivity contribution in [3.63, 3.8) is 0 Å². The van der Waals surface area contributed by atoms with Crippen molar-refractivity contribution in [1.82, 2.24) is 0 Å². The predicted octanol–water partition coefficient (Wildman–Crippen LogP) is 7.27. The Labute approximate surface area is 209 Å². The highest BCUT2D eigenvalue weighted by Crippen LogP contribution is 2.13. The second-order valence-corrected chi connectivity index (χ2v) is 10.0. The maximum Gasteiger partial charge on any atom is 0.0770 e. The van der Waals surface area contributed by atoms with Gasteiger partial charge in [-0.2, -0.15) is 0 Å². The molecule has 0 aliphatic carbocycles. The van der Waals surface area contributed by atoms with Crippen LogP contribution in [0.4, 0.5) is 0 Å². The molecular weight excluding hydrogens is 406 g/mol. The monoisotopic (exact) mass is 469 g/mol.